The first-order chi connectivity index (χ1) is 8.62. The molecule has 0 bridgehead atoms. The molecule has 1 amide bonds. The van der Waals surface area contributed by atoms with Crippen molar-refractivity contribution in [3.8, 4) is 11.5 Å². The molecule has 4 N–H and O–H groups in total. The fourth-order valence-corrected chi connectivity index (χ4v) is 1.57. The van der Waals surface area contributed by atoms with Crippen molar-refractivity contribution in [2.24, 2.45) is 5.73 Å². The number of carbonyl (C=O) groups excluding carboxylic acids is 1. The van der Waals surface area contributed by atoms with Gasteiger partial charge in [-0.1, -0.05) is 6.07 Å². The van der Waals surface area contributed by atoms with E-state index < -0.39 is 6.04 Å². The summed E-state index contributed by atoms with van der Waals surface area (Å²) >= 11 is 0. The van der Waals surface area contributed by atoms with Crippen LogP contribution in [0.4, 0.5) is 0 Å². The molecule has 0 aliphatic carbocycles. The number of nitrogens with one attached hydrogen (secondary N) is 2. The second-order valence-corrected chi connectivity index (χ2v) is 3.74. The number of carbonyl (C=O) groups is 1. The number of rotatable bonds is 6. The summed E-state index contributed by atoms with van der Waals surface area (Å²) < 4.78 is 10.3. The van der Waals surface area contributed by atoms with Crippen molar-refractivity contribution in [3.05, 3.63) is 23.8 Å². The molecule has 1 aromatic carbocycles. The molecule has 6 nitrogen and oxygen atoms in total. The fraction of sp³-hybridized carbons (Fsp3) is 0.417. The number of nitrogens with two attached hydrogens (primary N) is 1. The zero-order valence-electron chi connectivity index (χ0n) is 10.8. The molecule has 0 aliphatic heterocycles. The number of benzene rings is 1. The topological polar surface area (TPSA) is 85.6 Å². The van der Waals surface area contributed by atoms with E-state index in [1.54, 1.807) is 27.3 Å². The Bertz CT molecular complexity index is 410. The van der Waals surface area contributed by atoms with E-state index in [1.807, 2.05) is 12.1 Å². The highest BCUT2D eigenvalue weighted by molar-refractivity contribution is 5.81. The molecule has 0 saturated carbocycles. The van der Waals surface area contributed by atoms with E-state index in [4.69, 9.17) is 15.2 Å². The molecule has 100 valence electrons. The molecule has 0 saturated heterocycles. The molecule has 0 aliphatic rings. The minimum Gasteiger partial charge on any atom is -0.493 e. The van der Waals surface area contributed by atoms with E-state index in [2.05, 4.69) is 10.9 Å². The summed E-state index contributed by atoms with van der Waals surface area (Å²) in [5.41, 5.74) is 11.7. The smallest absolute Gasteiger partial charge is 0.251 e. The van der Waals surface area contributed by atoms with E-state index >= 15 is 0 Å². The van der Waals surface area contributed by atoms with Crippen LogP contribution in [0.3, 0.4) is 0 Å². The Kier molecular flexibility index (Phi) is 5.41. The number of hydrogen-bond acceptors (Lipinski definition) is 5. The largest absolute Gasteiger partial charge is 0.493 e. The molecule has 1 aromatic rings. The van der Waals surface area contributed by atoms with Crippen LogP contribution >= 0.6 is 0 Å². The Morgan fingerprint density at radius 1 is 1.33 bits per heavy atom. The van der Waals surface area contributed by atoms with Gasteiger partial charge in [0, 0.05) is 7.05 Å². The first-order valence-corrected chi connectivity index (χ1v) is 5.55. The van der Waals surface area contributed by atoms with Gasteiger partial charge in [0.2, 0.25) is 0 Å². The zero-order valence-corrected chi connectivity index (χ0v) is 10.8. The normalized spacial score (nSPS) is 11.8. The molecule has 1 rings (SSSR count). The highest BCUT2D eigenvalue weighted by Crippen LogP contribution is 2.27. The summed E-state index contributed by atoms with van der Waals surface area (Å²) in [7, 11) is 4.75. The molecule has 1 unspecified atom stereocenters. The van der Waals surface area contributed by atoms with Gasteiger partial charge in [-0.2, -0.15) is 0 Å². The van der Waals surface area contributed by atoms with E-state index in [1.165, 1.54) is 0 Å². The van der Waals surface area contributed by atoms with Crippen LogP contribution in [0, 0.1) is 0 Å². The maximum Gasteiger partial charge on any atom is 0.251 e. The number of methoxy groups -OCH3 is 2. The van der Waals surface area contributed by atoms with Crippen LogP contribution in [0.25, 0.3) is 0 Å². The van der Waals surface area contributed by atoms with Crippen molar-refractivity contribution >= 4 is 5.91 Å². The minimum absolute atomic E-state index is 0.257. The molecule has 1 atom stereocenters. The van der Waals surface area contributed by atoms with Gasteiger partial charge in [0.15, 0.2) is 11.5 Å². The maximum atomic E-state index is 11.5. The molecule has 18 heavy (non-hydrogen) atoms. The van der Waals surface area contributed by atoms with E-state index in [0.717, 1.165) is 5.56 Å². The summed E-state index contributed by atoms with van der Waals surface area (Å²) in [6.45, 7) is 0. The van der Waals surface area contributed by atoms with Crippen LogP contribution in [0.2, 0.25) is 0 Å². The first kappa shape index (κ1) is 14.3. The molecular weight excluding hydrogens is 234 g/mol. The second kappa shape index (κ2) is 6.83. The number of hydrogen-bond donors (Lipinski definition) is 3. The van der Waals surface area contributed by atoms with Crippen molar-refractivity contribution in [1.82, 2.24) is 10.9 Å². The predicted octanol–water partition coefficient (Wildman–Crippen LogP) is -0.176. The fourth-order valence-electron chi connectivity index (χ4n) is 1.57. The van der Waals surface area contributed by atoms with Crippen molar-refractivity contribution in [2.75, 3.05) is 21.3 Å². The van der Waals surface area contributed by atoms with E-state index in [0.29, 0.717) is 17.9 Å². The molecular formula is C12H19N3O3. The summed E-state index contributed by atoms with van der Waals surface area (Å²) in [6.07, 6.45) is 0.424. The average Bonchev–Trinajstić information content (AvgIpc) is 2.38. The van der Waals surface area contributed by atoms with Gasteiger partial charge in [-0.25, -0.2) is 5.43 Å². The Labute approximate surface area is 106 Å². The highest BCUT2D eigenvalue weighted by Gasteiger charge is 2.14. The first-order valence-electron chi connectivity index (χ1n) is 5.55. The van der Waals surface area contributed by atoms with E-state index in [9.17, 15) is 4.79 Å². The van der Waals surface area contributed by atoms with Gasteiger partial charge in [-0.3, -0.25) is 10.2 Å². The molecule has 0 fully saturated rings. The van der Waals surface area contributed by atoms with Gasteiger partial charge in [0.1, 0.15) is 0 Å². The lowest BCUT2D eigenvalue weighted by Gasteiger charge is -2.13. The van der Waals surface area contributed by atoms with Crippen molar-refractivity contribution in [2.45, 2.75) is 12.5 Å². The lowest BCUT2D eigenvalue weighted by Crippen LogP contribution is -2.46. The third-order valence-corrected chi connectivity index (χ3v) is 2.49. The maximum absolute atomic E-state index is 11.5. The molecule has 0 aromatic heterocycles. The van der Waals surface area contributed by atoms with Crippen LogP contribution in [0.5, 0.6) is 11.5 Å². The van der Waals surface area contributed by atoms with Gasteiger partial charge in [-0.15, -0.1) is 0 Å². The second-order valence-electron chi connectivity index (χ2n) is 3.74. The van der Waals surface area contributed by atoms with Gasteiger partial charge in [0.05, 0.1) is 20.3 Å². The van der Waals surface area contributed by atoms with Crippen LogP contribution in [-0.2, 0) is 11.2 Å². The van der Waals surface area contributed by atoms with Gasteiger partial charge in [-0.05, 0) is 24.1 Å². The number of hydrazine groups is 1. The molecule has 6 heteroatoms. The third-order valence-electron chi connectivity index (χ3n) is 2.49. The van der Waals surface area contributed by atoms with Crippen molar-refractivity contribution < 1.29 is 14.3 Å². The predicted molar refractivity (Wildman–Crippen MR) is 68.4 cm³/mol. The third kappa shape index (κ3) is 3.61. The Morgan fingerprint density at radius 2 is 2.00 bits per heavy atom. The van der Waals surface area contributed by atoms with Crippen LogP contribution < -0.4 is 26.1 Å². The van der Waals surface area contributed by atoms with Crippen molar-refractivity contribution in [3.63, 3.8) is 0 Å². The molecule has 0 spiro atoms. The highest BCUT2D eigenvalue weighted by atomic mass is 16.5. The summed E-state index contributed by atoms with van der Waals surface area (Å²) in [5, 5.41) is 0. The molecule has 0 heterocycles. The van der Waals surface area contributed by atoms with E-state index in [-0.39, 0.29) is 5.91 Å². The SMILES string of the molecule is CNNC(=O)C(N)Cc1ccc(OC)c(OC)c1. The summed E-state index contributed by atoms with van der Waals surface area (Å²) in [6, 6.07) is 4.84. The van der Waals surface area contributed by atoms with Gasteiger partial charge < -0.3 is 15.2 Å². The Morgan fingerprint density at radius 3 is 2.56 bits per heavy atom. The summed E-state index contributed by atoms with van der Waals surface area (Å²) in [4.78, 5) is 11.5. The average molecular weight is 253 g/mol. The lowest BCUT2D eigenvalue weighted by molar-refractivity contribution is -0.123. The van der Waals surface area contributed by atoms with Gasteiger partial charge in [0.25, 0.3) is 5.91 Å². The van der Waals surface area contributed by atoms with Gasteiger partial charge >= 0.3 is 0 Å². The summed E-state index contributed by atoms with van der Waals surface area (Å²) in [5.74, 6) is 1.01. The van der Waals surface area contributed by atoms with Crippen LogP contribution in [0.1, 0.15) is 5.56 Å². The monoisotopic (exact) mass is 253 g/mol. The van der Waals surface area contributed by atoms with Crippen LogP contribution in [0.15, 0.2) is 18.2 Å². The lowest BCUT2D eigenvalue weighted by atomic mass is 10.1. The Hall–Kier alpha value is -1.79. The zero-order chi connectivity index (χ0) is 13.5. The minimum atomic E-state index is -0.615. The van der Waals surface area contributed by atoms with Crippen LogP contribution in [-0.4, -0.2) is 33.2 Å². The quantitative estimate of drug-likeness (QED) is 0.613. The standard InChI is InChI=1S/C12H19N3O3/c1-14-15-12(16)9(13)6-8-4-5-10(17-2)11(7-8)18-3/h4-5,7,9,14H,6,13H2,1-3H3,(H,15,16). The van der Waals surface area contributed by atoms with Crippen molar-refractivity contribution in [1.29, 1.82) is 0 Å². The Balaban J connectivity index is 2.76. The number of amides is 1. The molecule has 0 radical (unpaired) electrons. The number of ether oxygens (including phenoxy) is 2.